The molecule has 3 nitrogen and oxygen atoms in total. The second kappa shape index (κ2) is 6.56. The van der Waals surface area contributed by atoms with Crippen LogP contribution >= 0.6 is 11.3 Å². The van der Waals surface area contributed by atoms with Crippen LogP contribution in [0.5, 0.6) is 0 Å². The summed E-state index contributed by atoms with van der Waals surface area (Å²) in [5, 5.41) is 16.6. The van der Waals surface area contributed by atoms with Gasteiger partial charge in [0, 0.05) is 24.0 Å². The molecule has 1 aromatic heterocycles. The van der Waals surface area contributed by atoms with Crippen LogP contribution in [0.15, 0.2) is 17.5 Å². The molecule has 3 heterocycles. The second-order valence-electron chi connectivity index (χ2n) is 6.26. The Hall–Kier alpha value is -0.420. The number of nitrogens with zero attached hydrogens (tertiary/aromatic N) is 1. The Kier molecular flexibility index (Phi) is 4.76. The SMILES string of the molecule is O[C@@]1(CNCCc2cccs2)CCCN2CCCC[C@@H]21. The minimum Gasteiger partial charge on any atom is -0.387 e. The monoisotopic (exact) mass is 294 g/mol. The van der Waals surface area contributed by atoms with E-state index in [0.717, 1.165) is 32.4 Å². The highest BCUT2D eigenvalue weighted by Crippen LogP contribution is 2.33. The van der Waals surface area contributed by atoms with Crippen LogP contribution in [0, 0.1) is 0 Å². The zero-order valence-electron chi connectivity index (χ0n) is 12.2. The van der Waals surface area contributed by atoms with Gasteiger partial charge in [0.05, 0.1) is 5.60 Å². The molecule has 2 aliphatic rings. The van der Waals surface area contributed by atoms with Crippen molar-refractivity contribution in [1.29, 1.82) is 0 Å². The number of nitrogens with one attached hydrogen (secondary N) is 1. The van der Waals surface area contributed by atoms with Gasteiger partial charge >= 0.3 is 0 Å². The first kappa shape index (κ1) is 14.5. The van der Waals surface area contributed by atoms with E-state index in [2.05, 4.69) is 27.7 Å². The maximum Gasteiger partial charge on any atom is 0.0926 e. The van der Waals surface area contributed by atoms with Crippen molar-refractivity contribution in [2.45, 2.75) is 50.2 Å². The van der Waals surface area contributed by atoms with Gasteiger partial charge in [-0.25, -0.2) is 0 Å². The summed E-state index contributed by atoms with van der Waals surface area (Å²) in [6, 6.07) is 4.68. The molecule has 2 N–H and O–H groups in total. The maximum atomic E-state index is 11.0. The van der Waals surface area contributed by atoms with E-state index in [-0.39, 0.29) is 0 Å². The van der Waals surface area contributed by atoms with Crippen LogP contribution in [0.1, 0.15) is 37.0 Å². The first-order valence-electron chi connectivity index (χ1n) is 7.97. The Labute approximate surface area is 126 Å². The molecule has 112 valence electrons. The number of fused-ring (bicyclic) bond motifs is 1. The molecule has 0 radical (unpaired) electrons. The number of thiophene rings is 1. The smallest absolute Gasteiger partial charge is 0.0926 e. The number of hydrogen-bond donors (Lipinski definition) is 2. The zero-order valence-corrected chi connectivity index (χ0v) is 13.0. The van der Waals surface area contributed by atoms with Crippen LogP contribution in [0.3, 0.4) is 0 Å². The van der Waals surface area contributed by atoms with Crippen molar-refractivity contribution >= 4 is 11.3 Å². The Bertz CT molecular complexity index is 407. The van der Waals surface area contributed by atoms with Gasteiger partial charge in [-0.2, -0.15) is 0 Å². The highest BCUT2D eigenvalue weighted by molar-refractivity contribution is 7.09. The predicted octanol–water partition coefficient (Wildman–Crippen LogP) is 2.26. The third-order valence-corrected chi connectivity index (χ3v) is 5.78. The molecule has 2 fully saturated rings. The van der Waals surface area contributed by atoms with Crippen molar-refractivity contribution < 1.29 is 5.11 Å². The molecule has 2 aliphatic heterocycles. The number of hydrogen-bond acceptors (Lipinski definition) is 4. The van der Waals surface area contributed by atoms with Crippen LogP contribution in [0.25, 0.3) is 0 Å². The standard InChI is InChI=1S/C16H26N2OS/c19-16(13-17-9-7-14-5-3-12-20-14)8-4-11-18-10-2-1-6-15(16)18/h3,5,12,15,17,19H,1-2,4,6-11,13H2/t15-,16-/m1/s1. The summed E-state index contributed by atoms with van der Waals surface area (Å²) in [7, 11) is 0. The summed E-state index contributed by atoms with van der Waals surface area (Å²) in [6.45, 7) is 4.08. The van der Waals surface area contributed by atoms with Crippen molar-refractivity contribution in [3.8, 4) is 0 Å². The van der Waals surface area contributed by atoms with E-state index in [1.54, 1.807) is 0 Å². The van der Waals surface area contributed by atoms with Gasteiger partial charge in [0.2, 0.25) is 0 Å². The van der Waals surface area contributed by atoms with E-state index in [1.165, 1.54) is 37.2 Å². The molecular weight excluding hydrogens is 268 g/mol. The summed E-state index contributed by atoms with van der Waals surface area (Å²) < 4.78 is 0. The lowest BCUT2D eigenvalue weighted by atomic mass is 9.79. The molecule has 0 saturated carbocycles. The van der Waals surface area contributed by atoms with Gasteiger partial charge in [-0.1, -0.05) is 12.5 Å². The summed E-state index contributed by atoms with van der Waals surface area (Å²) in [5.74, 6) is 0. The van der Waals surface area contributed by atoms with Crippen LogP contribution < -0.4 is 5.32 Å². The first-order valence-corrected chi connectivity index (χ1v) is 8.85. The molecule has 2 saturated heterocycles. The molecule has 0 unspecified atom stereocenters. The molecule has 20 heavy (non-hydrogen) atoms. The van der Waals surface area contributed by atoms with E-state index in [1.807, 2.05) is 11.3 Å². The Balaban J connectivity index is 1.49. The van der Waals surface area contributed by atoms with E-state index < -0.39 is 5.60 Å². The number of rotatable bonds is 5. The van der Waals surface area contributed by atoms with Gasteiger partial charge in [-0.15, -0.1) is 11.3 Å². The van der Waals surface area contributed by atoms with E-state index in [0.29, 0.717) is 6.04 Å². The quantitative estimate of drug-likeness (QED) is 0.818. The fourth-order valence-corrected chi connectivity index (χ4v) is 4.51. The van der Waals surface area contributed by atoms with E-state index in [9.17, 15) is 5.11 Å². The summed E-state index contributed by atoms with van der Waals surface area (Å²) in [4.78, 5) is 3.95. The fraction of sp³-hybridized carbons (Fsp3) is 0.750. The topological polar surface area (TPSA) is 35.5 Å². The third kappa shape index (κ3) is 3.25. The number of piperidine rings is 2. The maximum absolute atomic E-state index is 11.0. The molecule has 0 aliphatic carbocycles. The molecule has 0 bridgehead atoms. The highest BCUT2D eigenvalue weighted by Gasteiger charge is 2.43. The third-order valence-electron chi connectivity index (χ3n) is 4.85. The Morgan fingerprint density at radius 3 is 3.10 bits per heavy atom. The Morgan fingerprint density at radius 2 is 2.25 bits per heavy atom. The molecule has 4 heteroatoms. The van der Waals surface area contributed by atoms with Gasteiger partial charge in [-0.3, -0.25) is 4.90 Å². The van der Waals surface area contributed by atoms with Crippen molar-refractivity contribution in [3.05, 3.63) is 22.4 Å². The van der Waals surface area contributed by atoms with Crippen LogP contribution in [0.4, 0.5) is 0 Å². The van der Waals surface area contributed by atoms with E-state index >= 15 is 0 Å². The number of aliphatic hydroxyl groups is 1. The highest BCUT2D eigenvalue weighted by atomic mass is 32.1. The fourth-order valence-electron chi connectivity index (χ4n) is 3.80. The Morgan fingerprint density at radius 1 is 1.35 bits per heavy atom. The van der Waals surface area contributed by atoms with E-state index in [4.69, 9.17) is 0 Å². The molecule has 0 spiro atoms. The minimum atomic E-state index is -0.506. The van der Waals surface area contributed by atoms with Gasteiger partial charge in [0.15, 0.2) is 0 Å². The van der Waals surface area contributed by atoms with Gasteiger partial charge in [0.25, 0.3) is 0 Å². The largest absolute Gasteiger partial charge is 0.387 e. The normalized spacial score (nSPS) is 31.1. The van der Waals surface area contributed by atoms with Crippen molar-refractivity contribution in [1.82, 2.24) is 10.2 Å². The predicted molar refractivity (Wildman–Crippen MR) is 84.3 cm³/mol. The van der Waals surface area contributed by atoms with Crippen LogP contribution in [0.2, 0.25) is 0 Å². The van der Waals surface area contributed by atoms with Gasteiger partial charge in [-0.05, 0) is 56.6 Å². The molecule has 1 aromatic rings. The molecule has 0 amide bonds. The summed E-state index contributed by atoms with van der Waals surface area (Å²) in [6.07, 6.45) is 6.92. The average molecular weight is 294 g/mol. The average Bonchev–Trinajstić information content (AvgIpc) is 2.98. The lowest BCUT2D eigenvalue weighted by molar-refractivity contribution is -0.0916. The van der Waals surface area contributed by atoms with Crippen LogP contribution in [-0.4, -0.2) is 47.8 Å². The summed E-state index contributed by atoms with van der Waals surface area (Å²) >= 11 is 1.82. The minimum absolute atomic E-state index is 0.388. The van der Waals surface area contributed by atoms with Gasteiger partial charge < -0.3 is 10.4 Å². The molecular formula is C16H26N2OS. The van der Waals surface area contributed by atoms with Crippen LogP contribution in [-0.2, 0) is 6.42 Å². The summed E-state index contributed by atoms with van der Waals surface area (Å²) in [5.41, 5.74) is -0.506. The van der Waals surface area contributed by atoms with Crippen molar-refractivity contribution in [2.75, 3.05) is 26.2 Å². The van der Waals surface area contributed by atoms with Gasteiger partial charge in [0.1, 0.15) is 0 Å². The molecule has 0 aromatic carbocycles. The molecule has 2 atom stereocenters. The zero-order chi connectivity index (χ0) is 13.8. The lowest BCUT2D eigenvalue weighted by Gasteiger charge is -2.49. The van der Waals surface area contributed by atoms with Crippen molar-refractivity contribution in [3.63, 3.8) is 0 Å². The first-order chi connectivity index (χ1) is 9.78. The van der Waals surface area contributed by atoms with Crippen molar-refractivity contribution in [2.24, 2.45) is 0 Å². The second-order valence-corrected chi connectivity index (χ2v) is 7.29. The molecule has 3 rings (SSSR count). The lowest BCUT2D eigenvalue weighted by Crippen LogP contribution is -2.62.